The third kappa shape index (κ3) is 3.81. The van der Waals surface area contributed by atoms with Gasteiger partial charge in [-0.25, -0.2) is 8.42 Å². The topological polar surface area (TPSA) is 46.2 Å². The molecule has 0 aliphatic carbocycles. The van der Waals surface area contributed by atoms with Crippen LogP contribution in [0.2, 0.25) is 0 Å². The van der Waals surface area contributed by atoms with Crippen LogP contribution < -0.4 is 5.32 Å². The van der Waals surface area contributed by atoms with Crippen molar-refractivity contribution in [3.05, 3.63) is 35.2 Å². The van der Waals surface area contributed by atoms with Crippen molar-refractivity contribution in [2.75, 3.05) is 18.6 Å². The van der Waals surface area contributed by atoms with Gasteiger partial charge in [-0.3, -0.25) is 0 Å². The summed E-state index contributed by atoms with van der Waals surface area (Å²) in [5, 5.41) is 4.56. The van der Waals surface area contributed by atoms with E-state index in [4.69, 9.17) is 0 Å². The minimum absolute atomic E-state index is 0.236. The summed E-state index contributed by atoms with van der Waals surface area (Å²) >= 11 is 1.78. The quantitative estimate of drug-likeness (QED) is 0.852. The van der Waals surface area contributed by atoms with Gasteiger partial charge in [0, 0.05) is 21.4 Å². The highest BCUT2D eigenvalue weighted by Crippen LogP contribution is 2.31. The van der Waals surface area contributed by atoms with Crippen LogP contribution in [0, 0.1) is 0 Å². The van der Waals surface area contributed by atoms with Crippen LogP contribution in [-0.4, -0.2) is 27.0 Å². The Hall–Kier alpha value is -0.910. The molecule has 1 heterocycles. The van der Waals surface area contributed by atoms with E-state index < -0.39 is 9.84 Å². The van der Waals surface area contributed by atoms with E-state index in [1.807, 2.05) is 19.2 Å². The van der Waals surface area contributed by atoms with Crippen LogP contribution in [0.4, 0.5) is 0 Å². The van der Waals surface area contributed by atoms with Gasteiger partial charge in [-0.1, -0.05) is 25.1 Å². The van der Waals surface area contributed by atoms with Gasteiger partial charge in [-0.2, -0.15) is 0 Å². The first kappa shape index (κ1) is 15.5. The van der Waals surface area contributed by atoms with Crippen molar-refractivity contribution < 1.29 is 8.42 Å². The van der Waals surface area contributed by atoms with E-state index in [0.717, 1.165) is 6.42 Å². The Kier molecular flexibility index (Phi) is 5.18. The number of benzene rings is 1. The van der Waals surface area contributed by atoms with Gasteiger partial charge in [-0.05, 0) is 37.4 Å². The second-order valence-electron chi connectivity index (χ2n) is 4.91. The molecule has 110 valence electrons. The Labute approximate surface area is 124 Å². The van der Waals surface area contributed by atoms with E-state index in [1.54, 1.807) is 18.3 Å². The molecule has 0 aliphatic heterocycles. The molecule has 0 amide bonds. The highest BCUT2D eigenvalue weighted by molar-refractivity contribution is 7.91. The van der Waals surface area contributed by atoms with Crippen molar-refractivity contribution in [1.82, 2.24) is 5.32 Å². The van der Waals surface area contributed by atoms with E-state index in [2.05, 4.69) is 23.5 Å². The molecule has 1 atom stereocenters. The lowest BCUT2D eigenvalue weighted by Gasteiger charge is -2.14. The van der Waals surface area contributed by atoms with E-state index in [0.29, 0.717) is 6.42 Å². The van der Waals surface area contributed by atoms with Crippen LogP contribution in [0.1, 0.15) is 30.7 Å². The lowest BCUT2D eigenvalue weighted by Crippen LogP contribution is -2.17. The van der Waals surface area contributed by atoms with Crippen LogP contribution in [0.25, 0.3) is 10.1 Å². The first-order valence-corrected chi connectivity index (χ1v) is 9.55. The summed E-state index contributed by atoms with van der Waals surface area (Å²) < 4.78 is 24.3. The summed E-state index contributed by atoms with van der Waals surface area (Å²) in [5.41, 5.74) is 0. The molecule has 20 heavy (non-hydrogen) atoms. The minimum Gasteiger partial charge on any atom is -0.312 e. The normalized spacial score (nSPS) is 13.7. The van der Waals surface area contributed by atoms with Crippen LogP contribution in [0.15, 0.2) is 30.3 Å². The molecule has 0 radical (unpaired) electrons. The average Bonchev–Trinajstić information content (AvgIpc) is 2.87. The molecule has 5 heteroatoms. The summed E-state index contributed by atoms with van der Waals surface area (Å²) in [6.45, 7) is 1.71. The molecule has 2 rings (SSSR count). The molecule has 0 saturated carbocycles. The summed E-state index contributed by atoms with van der Waals surface area (Å²) in [5.74, 6) is 0.521. The maximum Gasteiger partial charge on any atom is 0.150 e. The number of thiophene rings is 1. The van der Waals surface area contributed by atoms with E-state index in [9.17, 15) is 8.42 Å². The van der Waals surface area contributed by atoms with Crippen molar-refractivity contribution in [3.8, 4) is 0 Å². The van der Waals surface area contributed by atoms with Gasteiger partial charge in [0.25, 0.3) is 0 Å². The molecule has 0 aliphatic rings. The number of nitrogens with one attached hydrogen (secondary N) is 1. The molecule has 1 aromatic carbocycles. The monoisotopic (exact) mass is 311 g/mol. The zero-order chi connectivity index (χ0) is 14.6. The van der Waals surface area contributed by atoms with Crippen molar-refractivity contribution in [2.24, 2.45) is 0 Å². The van der Waals surface area contributed by atoms with E-state index >= 15 is 0 Å². The first-order chi connectivity index (χ1) is 9.55. The molecular formula is C15H21NO2S2. The Morgan fingerprint density at radius 1 is 1.30 bits per heavy atom. The molecule has 1 N–H and O–H groups in total. The maximum atomic E-state index is 11.5. The second-order valence-corrected chi connectivity index (χ2v) is 8.49. The standard InChI is InChI=1S/C15H21NO2S2/c1-3-20(17,18)10-6-8-13(16-2)15-11-12-7-4-5-9-14(12)19-15/h4-5,7,9,11,13,16H,3,6,8,10H2,1-2H3. The summed E-state index contributed by atoms with van der Waals surface area (Å²) in [4.78, 5) is 1.28. The van der Waals surface area contributed by atoms with Gasteiger partial charge in [0.05, 0.1) is 5.75 Å². The predicted molar refractivity (Wildman–Crippen MR) is 87.2 cm³/mol. The molecule has 0 fully saturated rings. The van der Waals surface area contributed by atoms with Gasteiger partial charge in [-0.15, -0.1) is 11.3 Å². The number of hydrogen-bond acceptors (Lipinski definition) is 4. The van der Waals surface area contributed by atoms with E-state index in [-0.39, 0.29) is 17.5 Å². The smallest absolute Gasteiger partial charge is 0.150 e. The molecule has 0 saturated heterocycles. The predicted octanol–water partition coefficient (Wildman–Crippen LogP) is 3.38. The second kappa shape index (κ2) is 6.70. The lowest BCUT2D eigenvalue weighted by atomic mass is 10.1. The van der Waals surface area contributed by atoms with E-state index in [1.165, 1.54) is 15.0 Å². The van der Waals surface area contributed by atoms with Gasteiger partial charge >= 0.3 is 0 Å². The van der Waals surface area contributed by atoms with Crippen LogP contribution >= 0.6 is 11.3 Å². The Balaban J connectivity index is 2.04. The molecule has 1 aromatic heterocycles. The molecule has 0 spiro atoms. The van der Waals surface area contributed by atoms with Gasteiger partial charge < -0.3 is 5.32 Å². The highest BCUT2D eigenvalue weighted by atomic mass is 32.2. The zero-order valence-electron chi connectivity index (χ0n) is 11.9. The first-order valence-electron chi connectivity index (χ1n) is 6.92. The minimum atomic E-state index is -2.85. The fourth-order valence-corrected chi connectivity index (χ4v) is 4.36. The third-order valence-electron chi connectivity index (χ3n) is 3.52. The van der Waals surface area contributed by atoms with Crippen LogP contribution in [-0.2, 0) is 9.84 Å². The Morgan fingerprint density at radius 3 is 2.70 bits per heavy atom. The third-order valence-corrected chi connectivity index (χ3v) is 6.54. The fourth-order valence-electron chi connectivity index (χ4n) is 2.25. The Bertz CT molecular complexity index is 628. The number of hydrogen-bond donors (Lipinski definition) is 1. The van der Waals surface area contributed by atoms with Crippen molar-refractivity contribution >= 4 is 31.3 Å². The number of fused-ring (bicyclic) bond motifs is 1. The highest BCUT2D eigenvalue weighted by Gasteiger charge is 2.14. The average molecular weight is 311 g/mol. The SMILES string of the molecule is CCS(=O)(=O)CCCC(NC)c1cc2ccccc2s1. The zero-order valence-corrected chi connectivity index (χ0v) is 13.6. The van der Waals surface area contributed by atoms with Gasteiger partial charge in [0.2, 0.25) is 0 Å². The maximum absolute atomic E-state index is 11.5. The van der Waals surface area contributed by atoms with Crippen molar-refractivity contribution in [2.45, 2.75) is 25.8 Å². The molecule has 1 unspecified atom stereocenters. The lowest BCUT2D eigenvalue weighted by molar-refractivity contribution is 0.542. The Morgan fingerprint density at radius 2 is 2.05 bits per heavy atom. The molecule has 0 bridgehead atoms. The van der Waals surface area contributed by atoms with Crippen molar-refractivity contribution in [3.63, 3.8) is 0 Å². The van der Waals surface area contributed by atoms with Gasteiger partial charge in [0.15, 0.2) is 0 Å². The summed E-state index contributed by atoms with van der Waals surface area (Å²) in [7, 11) is -0.921. The molecular weight excluding hydrogens is 290 g/mol. The van der Waals surface area contributed by atoms with Crippen LogP contribution in [0.3, 0.4) is 0 Å². The number of sulfone groups is 1. The van der Waals surface area contributed by atoms with Gasteiger partial charge in [0.1, 0.15) is 9.84 Å². The van der Waals surface area contributed by atoms with Crippen LogP contribution in [0.5, 0.6) is 0 Å². The molecule has 3 nitrogen and oxygen atoms in total. The summed E-state index contributed by atoms with van der Waals surface area (Å²) in [6, 6.07) is 10.8. The van der Waals surface area contributed by atoms with Crippen molar-refractivity contribution in [1.29, 1.82) is 0 Å². The molecule has 2 aromatic rings. The fraction of sp³-hybridized carbons (Fsp3) is 0.467. The number of rotatable bonds is 7. The summed E-state index contributed by atoms with van der Waals surface area (Å²) in [6.07, 6.45) is 1.55. The largest absolute Gasteiger partial charge is 0.312 e.